The smallest absolute Gasteiger partial charge is 0.326 e. The van der Waals surface area contributed by atoms with Crippen molar-refractivity contribution in [2.24, 2.45) is 4.99 Å². The van der Waals surface area contributed by atoms with Gasteiger partial charge in [0.25, 0.3) is 0 Å². The Bertz CT molecular complexity index is 491. The molecule has 0 unspecified atom stereocenters. The first-order valence-corrected chi connectivity index (χ1v) is 4.41. The van der Waals surface area contributed by atoms with Crippen LogP contribution in [0.15, 0.2) is 23.2 Å². The lowest BCUT2D eigenvalue weighted by molar-refractivity contribution is -0.136. The molecule has 0 aliphatic rings. The van der Waals surface area contributed by atoms with Crippen LogP contribution in [0.1, 0.15) is 12.5 Å². The number of carbonyl (C=O) groups excluding carboxylic acids is 2. The Labute approximate surface area is 94.2 Å². The van der Waals surface area contributed by atoms with E-state index in [1.165, 1.54) is 6.07 Å². The van der Waals surface area contributed by atoms with E-state index in [-0.39, 0.29) is 11.4 Å². The van der Waals surface area contributed by atoms with Crippen molar-refractivity contribution in [2.45, 2.75) is 13.1 Å². The molecule has 4 nitrogen and oxygen atoms in total. The van der Waals surface area contributed by atoms with Gasteiger partial charge in [-0.1, -0.05) is 0 Å². The van der Waals surface area contributed by atoms with Gasteiger partial charge >= 0.3 is 6.18 Å². The molecular formula is C10H7F3N2O2. The molecule has 0 radical (unpaired) electrons. The quantitative estimate of drug-likeness (QED) is 0.642. The number of anilines is 1. The second kappa shape index (κ2) is 4.80. The zero-order chi connectivity index (χ0) is 13.1. The monoisotopic (exact) mass is 244 g/mol. The van der Waals surface area contributed by atoms with Gasteiger partial charge in [-0.05, 0) is 18.2 Å². The summed E-state index contributed by atoms with van der Waals surface area (Å²) in [5.41, 5.74) is -1.62. The second-order valence-electron chi connectivity index (χ2n) is 3.11. The Morgan fingerprint density at radius 3 is 2.53 bits per heavy atom. The molecule has 0 fully saturated rings. The first kappa shape index (κ1) is 12.9. The SMILES string of the molecule is CC(=O)Nc1ccc(N=C=O)cc1C(F)(F)F. The molecule has 90 valence electrons. The van der Waals surface area contributed by atoms with Crippen LogP contribution < -0.4 is 5.32 Å². The predicted octanol–water partition coefficient (Wildman–Crippen LogP) is 2.63. The Morgan fingerprint density at radius 2 is 2.06 bits per heavy atom. The van der Waals surface area contributed by atoms with Crippen LogP contribution in [0, 0.1) is 0 Å². The molecule has 0 aliphatic heterocycles. The van der Waals surface area contributed by atoms with Crippen molar-refractivity contribution < 1.29 is 22.8 Å². The van der Waals surface area contributed by atoms with E-state index in [2.05, 4.69) is 10.3 Å². The molecule has 0 aromatic heterocycles. The maximum absolute atomic E-state index is 12.6. The van der Waals surface area contributed by atoms with E-state index in [9.17, 15) is 22.8 Å². The third kappa shape index (κ3) is 3.42. The molecule has 0 bridgehead atoms. The normalized spacial score (nSPS) is 10.6. The van der Waals surface area contributed by atoms with Crippen LogP contribution in [-0.2, 0) is 15.8 Å². The van der Waals surface area contributed by atoms with Crippen LogP contribution in [0.4, 0.5) is 24.5 Å². The van der Waals surface area contributed by atoms with Crippen molar-refractivity contribution in [1.82, 2.24) is 0 Å². The molecule has 0 atom stereocenters. The van der Waals surface area contributed by atoms with Crippen molar-refractivity contribution in [3.63, 3.8) is 0 Å². The van der Waals surface area contributed by atoms with Gasteiger partial charge in [-0.3, -0.25) is 4.79 Å². The highest BCUT2D eigenvalue weighted by Crippen LogP contribution is 2.37. The van der Waals surface area contributed by atoms with E-state index < -0.39 is 17.6 Å². The average Bonchev–Trinajstić information content (AvgIpc) is 2.18. The summed E-state index contributed by atoms with van der Waals surface area (Å²) < 4.78 is 37.9. The second-order valence-corrected chi connectivity index (χ2v) is 3.11. The topological polar surface area (TPSA) is 58.5 Å². The van der Waals surface area contributed by atoms with Gasteiger partial charge in [0, 0.05) is 6.92 Å². The van der Waals surface area contributed by atoms with E-state index in [0.29, 0.717) is 6.07 Å². The van der Waals surface area contributed by atoms with E-state index in [4.69, 9.17) is 0 Å². The first-order valence-electron chi connectivity index (χ1n) is 4.41. The third-order valence-corrected chi connectivity index (χ3v) is 1.79. The lowest BCUT2D eigenvalue weighted by Gasteiger charge is -2.13. The number of isocyanates is 1. The largest absolute Gasteiger partial charge is 0.418 e. The van der Waals surface area contributed by atoms with Gasteiger partial charge in [0.15, 0.2) is 0 Å². The molecule has 1 N–H and O–H groups in total. The van der Waals surface area contributed by atoms with Crippen molar-refractivity contribution in [2.75, 3.05) is 5.32 Å². The molecule has 1 amide bonds. The lowest BCUT2D eigenvalue weighted by Crippen LogP contribution is -2.13. The maximum atomic E-state index is 12.6. The fourth-order valence-corrected chi connectivity index (χ4v) is 1.19. The minimum atomic E-state index is -4.65. The van der Waals surface area contributed by atoms with Crippen molar-refractivity contribution in [3.8, 4) is 0 Å². The zero-order valence-electron chi connectivity index (χ0n) is 8.63. The standard InChI is InChI=1S/C10H7F3N2O2/c1-6(17)15-9-3-2-7(14-5-16)4-8(9)10(11,12)13/h2-4H,1H3,(H,15,17). The van der Waals surface area contributed by atoms with Crippen LogP contribution in [0.5, 0.6) is 0 Å². The van der Waals surface area contributed by atoms with Gasteiger partial charge in [0.05, 0.1) is 16.9 Å². The summed E-state index contributed by atoms with van der Waals surface area (Å²) in [5, 5.41) is 2.05. The van der Waals surface area contributed by atoms with E-state index in [1.807, 2.05) is 0 Å². The summed E-state index contributed by atoms with van der Waals surface area (Å²) in [6.07, 6.45) is -3.50. The fourth-order valence-electron chi connectivity index (χ4n) is 1.19. The van der Waals surface area contributed by atoms with E-state index in [1.54, 1.807) is 0 Å². The number of halogens is 3. The summed E-state index contributed by atoms with van der Waals surface area (Å²) in [6, 6.07) is 2.86. The predicted molar refractivity (Wildman–Crippen MR) is 53.5 cm³/mol. The van der Waals surface area contributed by atoms with Crippen LogP contribution in [0.25, 0.3) is 0 Å². The van der Waals surface area contributed by atoms with Crippen molar-refractivity contribution >= 4 is 23.4 Å². The van der Waals surface area contributed by atoms with Gasteiger partial charge in [-0.2, -0.15) is 18.2 Å². The highest BCUT2D eigenvalue weighted by molar-refractivity contribution is 5.90. The van der Waals surface area contributed by atoms with Crippen molar-refractivity contribution in [1.29, 1.82) is 0 Å². The Hall–Kier alpha value is -2.14. The van der Waals surface area contributed by atoms with Gasteiger partial charge in [-0.15, -0.1) is 0 Å². The molecule has 0 saturated carbocycles. The number of aliphatic imine (C=N–C) groups is 1. The van der Waals surface area contributed by atoms with Gasteiger partial charge in [0.2, 0.25) is 12.0 Å². The Balaban J connectivity index is 3.31. The molecule has 0 heterocycles. The number of nitrogens with one attached hydrogen (secondary N) is 1. The summed E-state index contributed by atoms with van der Waals surface area (Å²) in [6.45, 7) is 1.09. The van der Waals surface area contributed by atoms with Gasteiger partial charge in [0.1, 0.15) is 0 Å². The molecular weight excluding hydrogens is 237 g/mol. The average molecular weight is 244 g/mol. The molecule has 17 heavy (non-hydrogen) atoms. The zero-order valence-corrected chi connectivity index (χ0v) is 8.63. The lowest BCUT2D eigenvalue weighted by atomic mass is 10.1. The number of benzene rings is 1. The molecule has 1 rings (SSSR count). The number of alkyl halides is 3. The number of hydrogen-bond acceptors (Lipinski definition) is 3. The van der Waals surface area contributed by atoms with Gasteiger partial charge in [-0.25, -0.2) is 4.79 Å². The van der Waals surface area contributed by atoms with E-state index >= 15 is 0 Å². The van der Waals surface area contributed by atoms with Gasteiger partial charge < -0.3 is 5.32 Å². The summed E-state index contributed by atoms with van der Waals surface area (Å²) in [7, 11) is 0. The number of carbonyl (C=O) groups is 1. The molecule has 0 aliphatic carbocycles. The number of hydrogen-bond donors (Lipinski definition) is 1. The Kier molecular flexibility index (Phi) is 3.65. The summed E-state index contributed by atoms with van der Waals surface area (Å²) >= 11 is 0. The molecule has 0 spiro atoms. The fraction of sp³-hybridized carbons (Fsp3) is 0.200. The molecule has 0 saturated heterocycles. The number of nitrogens with zero attached hydrogens (tertiary/aromatic N) is 1. The van der Waals surface area contributed by atoms with Crippen LogP contribution in [0.3, 0.4) is 0 Å². The third-order valence-electron chi connectivity index (χ3n) is 1.79. The molecule has 7 heteroatoms. The number of amides is 1. The number of rotatable bonds is 2. The maximum Gasteiger partial charge on any atom is 0.418 e. The van der Waals surface area contributed by atoms with Crippen LogP contribution in [0.2, 0.25) is 0 Å². The highest BCUT2D eigenvalue weighted by atomic mass is 19.4. The Morgan fingerprint density at radius 1 is 1.41 bits per heavy atom. The highest BCUT2D eigenvalue weighted by Gasteiger charge is 2.34. The minimum Gasteiger partial charge on any atom is -0.326 e. The summed E-state index contributed by atoms with van der Waals surface area (Å²) in [5.74, 6) is -0.623. The van der Waals surface area contributed by atoms with E-state index in [0.717, 1.165) is 19.1 Å². The molecule has 1 aromatic rings. The van der Waals surface area contributed by atoms with Crippen molar-refractivity contribution in [3.05, 3.63) is 23.8 Å². The minimum absolute atomic E-state index is 0.179. The molecule has 1 aromatic carbocycles. The van der Waals surface area contributed by atoms with Crippen LogP contribution >= 0.6 is 0 Å². The first-order chi connectivity index (χ1) is 7.84. The van der Waals surface area contributed by atoms with Crippen LogP contribution in [-0.4, -0.2) is 12.0 Å². The summed E-state index contributed by atoms with van der Waals surface area (Å²) in [4.78, 5) is 23.8.